The molecule has 0 spiro atoms. The van der Waals surface area contributed by atoms with E-state index in [-0.39, 0.29) is 0 Å². The second kappa shape index (κ2) is 5.69. The number of carboxylic acids is 1. The molecule has 1 saturated heterocycles. The highest BCUT2D eigenvalue weighted by atomic mass is 32.1. The zero-order valence-corrected chi connectivity index (χ0v) is 12.4. The van der Waals surface area contributed by atoms with E-state index in [0.717, 1.165) is 48.1 Å². The maximum absolute atomic E-state index is 11.2. The maximum Gasteiger partial charge on any atom is 0.312 e. The van der Waals surface area contributed by atoms with Gasteiger partial charge in [0, 0.05) is 23.9 Å². The van der Waals surface area contributed by atoms with Crippen molar-refractivity contribution in [1.29, 1.82) is 0 Å². The van der Waals surface area contributed by atoms with Gasteiger partial charge in [-0.1, -0.05) is 6.92 Å². The number of carbonyl (C=O) groups is 1. The molecule has 0 bridgehead atoms. The van der Waals surface area contributed by atoms with E-state index in [1.54, 1.807) is 11.3 Å². The summed E-state index contributed by atoms with van der Waals surface area (Å²) in [4.78, 5) is 16.8. The molecule has 1 fully saturated rings. The molecule has 1 aromatic rings. The van der Waals surface area contributed by atoms with E-state index >= 15 is 0 Å². The Morgan fingerprint density at radius 1 is 1.55 bits per heavy atom. The van der Waals surface area contributed by atoms with Crippen LogP contribution in [-0.4, -0.2) is 35.3 Å². The van der Waals surface area contributed by atoms with Crippen LogP contribution in [0.1, 0.15) is 42.7 Å². The normalized spacial score (nSPS) is 28.6. The highest BCUT2D eigenvalue weighted by Gasteiger charge is 2.33. The monoisotopic (exact) mass is 296 g/mol. The number of nitrogens with one attached hydrogen (secondary N) is 1. The van der Waals surface area contributed by atoms with Gasteiger partial charge >= 0.3 is 5.97 Å². The van der Waals surface area contributed by atoms with Crippen molar-refractivity contribution in [1.82, 2.24) is 4.98 Å². The Balaban J connectivity index is 1.62. The summed E-state index contributed by atoms with van der Waals surface area (Å²) in [5.74, 6) is -0.625. The Labute approximate surface area is 122 Å². The molecule has 5 nitrogen and oxygen atoms in total. The highest BCUT2D eigenvalue weighted by molar-refractivity contribution is 7.15. The van der Waals surface area contributed by atoms with Crippen molar-refractivity contribution in [3.05, 3.63) is 10.6 Å². The Kier molecular flexibility index (Phi) is 3.94. The molecule has 3 atom stereocenters. The van der Waals surface area contributed by atoms with Crippen molar-refractivity contribution < 1.29 is 14.6 Å². The standard InChI is InChI=1S/C14H20N2O3S/c1-2-10-8(5-6-19-10)7-15-14-16-12-9(13(17)18)3-4-11(12)20-14/h8-10H,2-7H2,1H3,(H,15,16)(H,17,18). The van der Waals surface area contributed by atoms with E-state index in [2.05, 4.69) is 17.2 Å². The third-order valence-electron chi connectivity index (χ3n) is 4.28. The lowest BCUT2D eigenvalue weighted by Gasteiger charge is -2.16. The van der Waals surface area contributed by atoms with E-state index in [0.29, 0.717) is 18.4 Å². The number of anilines is 1. The number of nitrogens with zero attached hydrogens (tertiary/aromatic N) is 1. The smallest absolute Gasteiger partial charge is 0.312 e. The quantitative estimate of drug-likeness (QED) is 0.873. The summed E-state index contributed by atoms with van der Waals surface area (Å²) in [6.45, 7) is 3.86. The Morgan fingerprint density at radius 2 is 2.40 bits per heavy atom. The molecule has 2 heterocycles. The SMILES string of the molecule is CCC1OCCC1CNc1nc2c(s1)CCC2C(=O)O. The van der Waals surface area contributed by atoms with Crippen LogP contribution in [0.25, 0.3) is 0 Å². The molecular weight excluding hydrogens is 276 g/mol. The van der Waals surface area contributed by atoms with Gasteiger partial charge in [-0.25, -0.2) is 4.98 Å². The third-order valence-corrected chi connectivity index (χ3v) is 5.37. The minimum atomic E-state index is -0.754. The van der Waals surface area contributed by atoms with Gasteiger partial charge in [0.25, 0.3) is 0 Å². The number of aliphatic carboxylic acids is 1. The van der Waals surface area contributed by atoms with Crippen LogP contribution < -0.4 is 5.32 Å². The molecular formula is C14H20N2O3S. The zero-order chi connectivity index (χ0) is 14.1. The largest absolute Gasteiger partial charge is 0.481 e. The predicted molar refractivity (Wildman–Crippen MR) is 77.4 cm³/mol. The molecule has 110 valence electrons. The molecule has 1 aliphatic carbocycles. The molecule has 1 aromatic heterocycles. The van der Waals surface area contributed by atoms with E-state index in [9.17, 15) is 4.79 Å². The van der Waals surface area contributed by atoms with Crippen molar-refractivity contribution in [2.45, 2.75) is 44.6 Å². The van der Waals surface area contributed by atoms with Gasteiger partial charge in [-0.05, 0) is 25.7 Å². The first-order valence-corrected chi connectivity index (χ1v) is 8.08. The molecule has 2 N–H and O–H groups in total. The van der Waals surface area contributed by atoms with E-state index in [1.807, 2.05) is 0 Å². The molecule has 3 rings (SSSR count). The van der Waals surface area contributed by atoms with Crippen molar-refractivity contribution in [3.63, 3.8) is 0 Å². The minimum absolute atomic E-state index is 0.348. The highest BCUT2D eigenvalue weighted by Crippen LogP contribution is 2.38. The number of hydrogen-bond donors (Lipinski definition) is 2. The number of rotatable bonds is 5. The number of thiazole rings is 1. The molecule has 0 radical (unpaired) electrons. The van der Waals surface area contributed by atoms with Crippen LogP contribution in [0.2, 0.25) is 0 Å². The molecule has 2 aliphatic rings. The number of carboxylic acid groups (broad SMARTS) is 1. The average molecular weight is 296 g/mol. The van der Waals surface area contributed by atoms with Gasteiger partial charge < -0.3 is 15.2 Å². The molecule has 3 unspecified atom stereocenters. The first-order valence-electron chi connectivity index (χ1n) is 7.27. The average Bonchev–Trinajstić information content (AvgIpc) is 3.10. The Hall–Kier alpha value is -1.14. The molecule has 6 heteroatoms. The van der Waals surface area contributed by atoms with Crippen LogP contribution in [0.15, 0.2) is 0 Å². The van der Waals surface area contributed by atoms with Gasteiger partial charge in [-0.3, -0.25) is 4.79 Å². The van der Waals surface area contributed by atoms with Gasteiger partial charge in [-0.2, -0.15) is 0 Å². The van der Waals surface area contributed by atoms with Gasteiger partial charge in [0.1, 0.15) is 5.92 Å². The van der Waals surface area contributed by atoms with Gasteiger partial charge in [0.15, 0.2) is 5.13 Å². The van der Waals surface area contributed by atoms with E-state index in [4.69, 9.17) is 9.84 Å². The first kappa shape index (κ1) is 13.8. The van der Waals surface area contributed by atoms with Crippen LogP contribution in [0.4, 0.5) is 5.13 Å². The lowest BCUT2D eigenvalue weighted by molar-refractivity contribution is -0.138. The van der Waals surface area contributed by atoms with Crippen LogP contribution in [0.3, 0.4) is 0 Å². The fourth-order valence-electron chi connectivity index (χ4n) is 3.14. The van der Waals surface area contributed by atoms with Crippen molar-refractivity contribution >= 4 is 22.4 Å². The van der Waals surface area contributed by atoms with Gasteiger partial charge in [0.05, 0.1) is 11.8 Å². The third kappa shape index (κ3) is 2.54. The number of ether oxygens (including phenoxy) is 1. The molecule has 0 aromatic carbocycles. The van der Waals surface area contributed by atoms with Crippen LogP contribution in [0.5, 0.6) is 0 Å². The summed E-state index contributed by atoms with van der Waals surface area (Å²) in [7, 11) is 0. The summed E-state index contributed by atoms with van der Waals surface area (Å²) >= 11 is 1.61. The molecule has 1 aliphatic heterocycles. The van der Waals surface area contributed by atoms with Crippen molar-refractivity contribution in [2.75, 3.05) is 18.5 Å². The Morgan fingerprint density at radius 3 is 3.15 bits per heavy atom. The minimum Gasteiger partial charge on any atom is -0.481 e. The number of aromatic nitrogens is 1. The number of hydrogen-bond acceptors (Lipinski definition) is 5. The lowest BCUT2D eigenvalue weighted by atomic mass is 10.00. The number of aryl methyl sites for hydroxylation is 1. The first-order chi connectivity index (χ1) is 9.69. The summed E-state index contributed by atoms with van der Waals surface area (Å²) in [6, 6.07) is 0. The van der Waals surface area contributed by atoms with E-state index < -0.39 is 11.9 Å². The van der Waals surface area contributed by atoms with Crippen LogP contribution in [-0.2, 0) is 16.0 Å². The fraction of sp³-hybridized carbons (Fsp3) is 0.714. The van der Waals surface area contributed by atoms with Crippen LogP contribution >= 0.6 is 11.3 Å². The second-order valence-corrected chi connectivity index (χ2v) is 6.59. The topological polar surface area (TPSA) is 71.5 Å². The summed E-state index contributed by atoms with van der Waals surface area (Å²) in [5.41, 5.74) is 0.778. The van der Waals surface area contributed by atoms with Crippen LogP contribution in [0, 0.1) is 5.92 Å². The van der Waals surface area contributed by atoms with Crippen molar-refractivity contribution in [2.24, 2.45) is 5.92 Å². The van der Waals surface area contributed by atoms with Gasteiger partial charge in [-0.15, -0.1) is 11.3 Å². The lowest BCUT2D eigenvalue weighted by Crippen LogP contribution is -2.22. The summed E-state index contributed by atoms with van der Waals surface area (Å²) in [6.07, 6.45) is 4.02. The maximum atomic E-state index is 11.2. The Bertz CT molecular complexity index is 503. The zero-order valence-electron chi connectivity index (χ0n) is 11.6. The van der Waals surface area contributed by atoms with Crippen molar-refractivity contribution in [3.8, 4) is 0 Å². The summed E-state index contributed by atoms with van der Waals surface area (Å²) in [5, 5.41) is 13.4. The summed E-state index contributed by atoms with van der Waals surface area (Å²) < 4.78 is 5.68. The molecule has 0 amide bonds. The number of fused-ring (bicyclic) bond motifs is 1. The molecule has 20 heavy (non-hydrogen) atoms. The molecule has 0 saturated carbocycles. The fourth-order valence-corrected chi connectivity index (χ4v) is 4.18. The van der Waals surface area contributed by atoms with E-state index in [1.165, 1.54) is 0 Å². The second-order valence-electron chi connectivity index (χ2n) is 5.50. The van der Waals surface area contributed by atoms with Gasteiger partial charge in [0.2, 0.25) is 0 Å². The predicted octanol–water partition coefficient (Wildman–Crippen LogP) is 2.48.